The number of anilines is 1. The third kappa shape index (κ3) is 2.64. The van der Waals surface area contributed by atoms with Crippen molar-refractivity contribution in [3.63, 3.8) is 0 Å². The fraction of sp³-hybridized carbons (Fsp3) is 0.385. The largest absolute Gasteiger partial charge is 0.423 e. The Kier molecular flexibility index (Phi) is 3.62. The van der Waals surface area contributed by atoms with Crippen molar-refractivity contribution >= 4 is 39.0 Å². The lowest BCUT2D eigenvalue weighted by molar-refractivity contribution is -0.118. The average Bonchev–Trinajstić information content (AvgIpc) is 2.81. The van der Waals surface area contributed by atoms with Crippen LogP contribution < -0.4 is 10.6 Å². The van der Waals surface area contributed by atoms with Crippen LogP contribution in [0.3, 0.4) is 0 Å². The SMILES string of the molecule is NC(=O)CC1COCCN1c1nc2cc(Br)ccc2o1. The second-order valence-corrected chi connectivity index (χ2v) is 5.62. The molecule has 1 amide bonds. The molecule has 1 aliphatic rings. The molecule has 6 nitrogen and oxygen atoms in total. The molecule has 1 atom stereocenters. The number of hydrogen-bond donors (Lipinski definition) is 1. The number of aromatic nitrogens is 1. The van der Waals surface area contributed by atoms with Crippen LogP contribution in [0.2, 0.25) is 0 Å². The van der Waals surface area contributed by atoms with Gasteiger partial charge in [-0.25, -0.2) is 0 Å². The first-order valence-electron chi connectivity index (χ1n) is 6.32. The van der Waals surface area contributed by atoms with Gasteiger partial charge >= 0.3 is 0 Å². The highest BCUT2D eigenvalue weighted by molar-refractivity contribution is 9.10. The lowest BCUT2D eigenvalue weighted by Crippen LogP contribution is -2.47. The molecule has 2 N–H and O–H groups in total. The van der Waals surface area contributed by atoms with Crippen LogP contribution in [-0.2, 0) is 9.53 Å². The van der Waals surface area contributed by atoms with E-state index in [1.165, 1.54) is 0 Å². The average molecular weight is 340 g/mol. The highest BCUT2D eigenvalue weighted by Gasteiger charge is 2.28. The number of nitrogens with zero attached hydrogens (tertiary/aromatic N) is 2. The molecular weight excluding hydrogens is 326 g/mol. The summed E-state index contributed by atoms with van der Waals surface area (Å²) < 4.78 is 12.1. The van der Waals surface area contributed by atoms with Crippen molar-refractivity contribution in [3.8, 4) is 0 Å². The van der Waals surface area contributed by atoms with E-state index in [9.17, 15) is 4.79 Å². The fourth-order valence-electron chi connectivity index (χ4n) is 2.32. The van der Waals surface area contributed by atoms with Crippen LogP contribution in [0.25, 0.3) is 11.1 Å². The van der Waals surface area contributed by atoms with Gasteiger partial charge in [0.15, 0.2) is 5.58 Å². The maximum Gasteiger partial charge on any atom is 0.298 e. The van der Waals surface area contributed by atoms with E-state index >= 15 is 0 Å². The van der Waals surface area contributed by atoms with Gasteiger partial charge in [0.1, 0.15) is 5.52 Å². The molecule has 1 aromatic carbocycles. The van der Waals surface area contributed by atoms with Gasteiger partial charge in [0, 0.05) is 17.4 Å². The zero-order valence-corrected chi connectivity index (χ0v) is 12.3. The van der Waals surface area contributed by atoms with Gasteiger partial charge in [0.2, 0.25) is 5.91 Å². The monoisotopic (exact) mass is 339 g/mol. The molecule has 3 rings (SSSR count). The molecule has 0 saturated carbocycles. The van der Waals surface area contributed by atoms with Crippen molar-refractivity contribution < 1.29 is 13.9 Å². The number of rotatable bonds is 3. The molecule has 1 fully saturated rings. The number of carbonyl (C=O) groups excluding carboxylic acids is 1. The predicted molar refractivity (Wildman–Crippen MR) is 77.5 cm³/mol. The van der Waals surface area contributed by atoms with Crippen LogP contribution in [-0.4, -0.2) is 36.7 Å². The molecule has 1 aromatic heterocycles. The number of halogens is 1. The van der Waals surface area contributed by atoms with Gasteiger partial charge in [-0.15, -0.1) is 0 Å². The number of amides is 1. The van der Waals surface area contributed by atoms with Crippen molar-refractivity contribution in [2.45, 2.75) is 12.5 Å². The minimum absolute atomic E-state index is 0.127. The summed E-state index contributed by atoms with van der Waals surface area (Å²) in [6.45, 7) is 1.66. The molecule has 2 heterocycles. The summed E-state index contributed by atoms with van der Waals surface area (Å²) in [4.78, 5) is 17.6. The van der Waals surface area contributed by atoms with Gasteiger partial charge in [-0.05, 0) is 18.2 Å². The van der Waals surface area contributed by atoms with E-state index in [4.69, 9.17) is 14.9 Å². The molecule has 0 radical (unpaired) electrons. The van der Waals surface area contributed by atoms with E-state index in [0.717, 1.165) is 9.99 Å². The summed E-state index contributed by atoms with van der Waals surface area (Å²) in [6, 6.07) is 6.04. The quantitative estimate of drug-likeness (QED) is 0.919. The third-order valence-electron chi connectivity index (χ3n) is 3.25. The molecule has 20 heavy (non-hydrogen) atoms. The number of carbonyl (C=O) groups is 1. The minimum atomic E-state index is -0.357. The van der Waals surface area contributed by atoms with Crippen LogP contribution in [0.5, 0.6) is 0 Å². The predicted octanol–water partition coefficient (Wildman–Crippen LogP) is 1.67. The first-order chi connectivity index (χ1) is 9.63. The van der Waals surface area contributed by atoms with Gasteiger partial charge in [-0.1, -0.05) is 15.9 Å². The molecule has 0 bridgehead atoms. The van der Waals surface area contributed by atoms with Crippen molar-refractivity contribution in [2.24, 2.45) is 5.73 Å². The number of ether oxygens (including phenoxy) is 1. The maximum atomic E-state index is 11.1. The first kappa shape index (κ1) is 13.4. The van der Waals surface area contributed by atoms with Crippen molar-refractivity contribution in [2.75, 3.05) is 24.7 Å². The topological polar surface area (TPSA) is 81.6 Å². The molecule has 1 saturated heterocycles. The standard InChI is InChI=1S/C13H14BrN3O3/c14-8-1-2-11-10(5-8)16-13(20-11)17-3-4-19-7-9(17)6-12(15)18/h1-2,5,9H,3-4,6-7H2,(H2,15,18). The lowest BCUT2D eigenvalue weighted by atomic mass is 10.1. The molecule has 7 heteroatoms. The van der Waals surface area contributed by atoms with Gasteiger partial charge in [-0.2, -0.15) is 4.98 Å². The Labute approximate surface area is 124 Å². The van der Waals surface area contributed by atoms with Crippen molar-refractivity contribution in [1.82, 2.24) is 4.98 Å². The van der Waals surface area contributed by atoms with E-state index in [1.54, 1.807) is 0 Å². The number of nitrogens with two attached hydrogens (primary N) is 1. The zero-order chi connectivity index (χ0) is 14.1. The van der Waals surface area contributed by atoms with E-state index in [-0.39, 0.29) is 18.4 Å². The molecule has 0 spiro atoms. The van der Waals surface area contributed by atoms with E-state index in [2.05, 4.69) is 20.9 Å². The lowest BCUT2D eigenvalue weighted by Gasteiger charge is -2.33. The highest BCUT2D eigenvalue weighted by atomic mass is 79.9. The van der Waals surface area contributed by atoms with Crippen LogP contribution in [0.1, 0.15) is 6.42 Å². The smallest absolute Gasteiger partial charge is 0.298 e. The van der Waals surface area contributed by atoms with Crippen LogP contribution >= 0.6 is 15.9 Å². The minimum Gasteiger partial charge on any atom is -0.423 e. The summed E-state index contributed by atoms with van der Waals surface area (Å²) in [6.07, 6.45) is 0.225. The van der Waals surface area contributed by atoms with Crippen LogP contribution in [0.15, 0.2) is 27.1 Å². The number of benzene rings is 1. The second kappa shape index (κ2) is 5.41. The van der Waals surface area contributed by atoms with E-state index in [0.29, 0.717) is 31.4 Å². The van der Waals surface area contributed by atoms with E-state index < -0.39 is 0 Å². The Morgan fingerprint density at radius 2 is 2.40 bits per heavy atom. The molecule has 1 aliphatic heterocycles. The fourth-order valence-corrected chi connectivity index (χ4v) is 2.67. The van der Waals surface area contributed by atoms with Crippen LogP contribution in [0.4, 0.5) is 6.01 Å². The number of oxazole rings is 1. The van der Waals surface area contributed by atoms with Gasteiger partial charge < -0.3 is 19.8 Å². The summed E-state index contributed by atoms with van der Waals surface area (Å²) in [5.41, 5.74) is 6.77. The molecule has 1 unspecified atom stereocenters. The van der Waals surface area contributed by atoms with Crippen molar-refractivity contribution in [3.05, 3.63) is 22.7 Å². The highest BCUT2D eigenvalue weighted by Crippen LogP contribution is 2.27. The van der Waals surface area contributed by atoms with Gasteiger partial charge in [0.05, 0.1) is 19.3 Å². The normalized spacial score (nSPS) is 19.4. The van der Waals surface area contributed by atoms with Gasteiger partial charge in [-0.3, -0.25) is 4.79 Å². The first-order valence-corrected chi connectivity index (χ1v) is 7.11. The molecule has 0 aliphatic carbocycles. The Morgan fingerprint density at radius 3 is 3.20 bits per heavy atom. The number of fused-ring (bicyclic) bond motifs is 1. The van der Waals surface area contributed by atoms with E-state index in [1.807, 2.05) is 23.1 Å². The summed E-state index contributed by atoms with van der Waals surface area (Å²) in [7, 11) is 0. The summed E-state index contributed by atoms with van der Waals surface area (Å²) in [5, 5.41) is 0. The zero-order valence-electron chi connectivity index (χ0n) is 10.7. The third-order valence-corrected chi connectivity index (χ3v) is 3.74. The molecular formula is C13H14BrN3O3. The van der Waals surface area contributed by atoms with Crippen LogP contribution in [0, 0.1) is 0 Å². The van der Waals surface area contributed by atoms with Crippen molar-refractivity contribution in [1.29, 1.82) is 0 Å². The van der Waals surface area contributed by atoms with Gasteiger partial charge in [0.25, 0.3) is 6.01 Å². The molecule has 106 valence electrons. The molecule has 2 aromatic rings. The number of morpholine rings is 1. The summed E-state index contributed by atoms with van der Waals surface area (Å²) >= 11 is 3.41. The Morgan fingerprint density at radius 1 is 1.55 bits per heavy atom. The number of primary amides is 1. The Hall–Kier alpha value is -1.60. The second-order valence-electron chi connectivity index (χ2n) is 4.70. The Balaban J connectivity index is 1.92. The Bertz CT molecular complexity index is 643. The number of hydrogen-bond acceptors (Lipinski definition) is 5. The summed E-state index contributed by atoms with van der Waals surface area (Å²) in [5.74, 6) is -0.357. The maximum absolute atomic E-state index is 11.1.